The van der Waals surface area contributed by atoms with Crippen LogP contribution in [0.15, 0.2) is 76.1 Å². The molecule has 0 unspecified atom stereocenters. The van der Waals surface area contributed by atoms with Crippen molar-refractivity contribution in [3.8, 4) is 11.5 Å². The Bertz CT molecular complexity index is 1440. The van der Waals surface area contributed by atoms with E-state index in [-0.39, 0.29) is 22.0 Å². The van der Waals surface area contributed by atoms with Crippen LogP contribution in [0.1, 0.15) is 0 Å². The Morgan fingerprint density at radius 1 is 0.889 bits per heavy atom. The molecule has 192 valence electrons. The zero-order valence-corrected chi connectivity index (χ0v) is 22.8. The number of nitrogens with zero attached hydrogens (tertiary/aromatic N) is 1. The largest absolute Gasteiger partial charge is 0.497 e. The van der Waals surface area contributed by atoms with E-state index in [0.29, 0.717) is 11.4 Å². The molecule has 0 aromatic heterocycles. The van der Waals surface area contributed by atoms with Gasteiger partial charge in [-0.2, -0.15) is 0 Å². The van der Waals surface area contributed by atoms with Crippen LogP contribution in [0.5, 0.6) is 11.5 Å². The van der Waals surface area contributed by atoms with Crippen molar-refractivity contribution in [3.63, 3.8) is 0 Å². The first kappa shape index (κ1) is 27.3. The molecule has 0 heterocycles. The molecule has 13 heteroatoms. The molecule has 0 aliphatic heterocycles. The number of methoxy groups -OCH3 is 2. The lowest BCUT2D eigenvalue weighted by Crippen LogP contribution is -2.37. The third-order valence-electron chi connectivity index (χ3n) is 4.89. The van der Waals surface area contributed by atoms with Crippen LogP contribution in [-0.4, -0.2) is 49.8 Å². The fourth-order valence-corrected chi connectivity index (χ4v) is 5.33. The van der Waals surface area contributed by atoms with Crippen LogP contribution in [0.4, 0.5) is 17.1 Å². The molecule has 36 heavy (non-hydrogen) atoms. The summed E-state index contributed by atoms with van der Waals surface area (Å²) < 4.78 is 64.8. The van der Waals surface area contributed by atoms with Crippen molar-refractivity contribution in [2.24, 2.45) is 0 Å². The maximum absolute atomic E-state index is 12.7. The lowest BCUT2D eigenvalue weighted by molar-refractivity contribution is -0.114. The Hall–Kier alpha value is -3.29. The summed E-state index contributed by atoms with van der Waals surface area (Å²) in [5.41, 5.74) is 0.813. The summed E-state index contributed by atoms with van der Waals surface area (Å²) in [6.07, 6.45) is 0.970. The monoisotopic (exact) mass is 597 g/mol. The number of carbonyl (C=O) groups is 1. The SMILES string of the molecule is COc1ccc(OC)c(N(CC(=O)Nc2ccc(S(=O)(=O)Nc3ccc(Br)cc3)cc2)S(C)(=O)=O)c1. The van der Waals surface area contributed by atoms with Crippen molar-refractivity contribution in [3.05, 3.63) is 71.2 Å². The number of benzene rings is 3. The molecule has 0 atom stereocenters. The van der Waals surface area contributed by atoms with Gasteiger partial charge in [0.2, 0.25) is 15.9 Å². The fraction of sp³-hybridized carbons (Fsp3) is 0.174. The Morgan fingerprint density at radius 3 is 2.06 bits per heavy atom. The predicted molar refractivity (Wildman–Crippen MR) is 142 cm³/mol. The second-order valence-corrected chi connectivity index (χ2v) is 12.0. The minimum absolute atomic E-state index is 0.0118. The third kappa shape index (κ3) is 6.89. The van der Waals surface area contributed by atoms with Crippen LogP contribution in [0, 0.1) is 0 Å². The number of hydrogen-bond donors (Lipinski definition) is 2. The van der Waals surface area contributed by atoms with Crippen molar-refractivity contribution in [1.82, 2.24) is 0 Å². The van der Waals surface area contributed by atoms with E-state index >= 15 is 0 Å². The molecule has 3 rings (SSSR count). The van der Waals surface area contributed by atoms with Crippen LogP contribution >= 0.6 is 15.9 Å². The summed E-state index contributed by atoms with van der Waals surface area (Å²) in [4.78, 5) is 12.7. The summed E-state index contributed by atoms with van der Waals surface area (Å²) in [6, 6.07) is 16.7. The van der Waals surface area contributed by atoms with E-state index in [1.807, 2.05) is 0 Å². The van der Waals surface area contributed by atoms with E-state index in [9.17, 15) is 21.6 Å². The molecule has 0 bridgehead atoms. The summed E-state index contributed by atoms with van der Waals surface area (Å²) in [5, 5.41) is 2.58. The topological polar surface area (TPSA) is 131 Å². The van der Waals surface area contributed by atoms with Crippen molar-refractivity contribution < 1.29 is 31.1 Å². The van der Waals surface area contributed by atoms with Gasteiger partial charge in [-0.3, -0.25) is 13.8 Å². The van der Waals surface area contributed by atoms with Gasteiger partial charge in [-0.1, -0.05) is 15.9 Å². The number of rotatable bonds is 10. The number of sulfonamides is 2. The molecule has 0 saturated heterocycles. The van der Waals surface area contributed by atoms with E-state index in [2.05, 4.69) is 26.0 Å². The predicted octanol–water partition coefficient (Wildman–Crippen LogP) is 3.67. The summed E-state index contributed by atoms with van der Waals surface area (Å²) >= 11 is 3.29. The van der Waals surface area contributed by atoms with E-state index in [0.717, 1.165) is 15.0 Å². The molecule has 0 aliphatic rings. The maximum Gasteiger partial charge on any atom is 0.261 e. The number of amides is 1. The van der Waals surface area contributed by atoms with Crippen LogP contribution in [0.2, 0.25) is 0 Å². The molecule has 2 N–H and O–H groups in total. The highest BCUT2D eigenvalue weighted by Crippen LogP contribution is 2.33. The van der Waals surface area contributed by atoms with Crippen LogP contribution < -0.4 is 23.8 Å². The second-order valence-electron chi connectivity index (χ2n) is 7.49. The lowest BCUT2D eigenvalue weighted by Gasteiger charge is -2.24. The Morgan fingerprint density at radius 2 is 1.50 bits per heavy atom. The number of anilines is 3. The minimum atomic E-state index is -3.88. The zero-order chi connectivity index (χ0) is 26.5. The average Bonchev–Trinajstić information content (AvgIpc) is 2.83. The first-order chi connectivity index (χ1) is 16.9. The molecule has 0 aliphatic carbocycles. The quantitative estimate of drug-likeness (QED) is 0.364. The van der Waals surface area contributed by atoms with Gasteiger partial charge in [0, 0.05) is 21.9 Å². The minimum Gasteiger partial charge on any atom is -0.497 e. The molecule has 3 aromatic rings. The summed E-state index contributed by atoms with van der Waals surface area (Å²) in [5.74, 6) is -0.0239. The molecule has 0 fully saturated rings. The number of halogens is 1. The van der Waals surface area contributed by atoms with Crippen molar-refractivity contribution >= 4 is 58.9 Å². The van der Waals surface area contributed by atoms with Crippen LogP contribution in [-0.2, 0) is 24.8 Å². The molecule has 0 saturated carbocycles. The van der Waals surface area contributed by atoms with Crippen molar-refractivity contribution in [1.29, 1.82) is 0 Å². The molecule has 1 amide bonds. The normalized spacial score (nSPS) is 11.4. The molecular formula is C23H24BrN3O7S2. The van der Waals surface area contributed by atoms with Crippen molar-refractivity contribution in [2.75, 3.05) is 41.4 Å². The van der Waals surface area contributed by atoms with Crippen molar-refractivity contribution in [2.45, 2.75) is 4.90 Å². The van der Waals surface area contributed by atoms with E-state index in [1.54, 1.807) is 30.3 Å². The number of nitrogens with one attached hydrogen (secondary N) is 2. The molecule has 10 nitrogen and oxygen atoms in total. The highest BCUT2D eigenvalue weighted by molar-refractivity contribution is 9.10. The fourth-order valence-electron chi connectivity index (χ4n) is 3.15. The standard InChI is InChI=1S/C23H24BrN3O7S2/c1-33-19-10-13-22(34-2)21(14-19)27(35(3,29)30)15-23(28)25-17-8-11-20(12-9-17)36(31,32)26-18-6-4-16(24)5-7-18/h4-14,26H,15H2,1-3H3,(H,25,28). The average molecular weight is 598 g/mol. The second kappa shape index (κ2) is 11.2. The van der Waals surface area contributed by atoms with Crippen LogP contribution in [0.25, 0.3) is 0 Å². The number of hydrogen-bond acceptors (Lipinski definition) is 7. The van der Waals surface area contributed by atoms with Gasteiger partial charge in [0.25, 0.3) is 10.0 Å². The van der Waals surface area contributed by atoms with Gasteiger partial charge in [0.15, 0.2) is 0 Å². The Kier molecular flexibility index (Phi) is 8.48. The number of ether oxygens (including phenoxy) is 2. The first-order valence-electron chi connectivity index (χ1n) is 10.3. The van der Waals surface area contributed by atoms with E-state index in [1.165, 1.54) is 50.6 Å². The van der Waals surface area contributed by atoms with Gasteiger partial charge in [0.1, 0.15) is 18.0 Å². The molecule has 3 aromatic carbocycles. The van der Waals surface area contributed by atoms with Crippen LogP contribution in [0.3, 0.4) is 0 Å². The highest BCUT2D eigenvalue weighted by atomic mass is 79.9. The van der Waals surface area contributed by atoms with Gasteiger partial charge in [-0.15, -0.1) is 0 Å². The van der Waals surface area contributed by atoms with E-state index in [4.69, 9.17) is 9.47 Å². The highest BCUT2D eigenvalue weighted by Gasteiger charge is 2.25. The summed E-state index contributed by atoms with van der Waals surface area (Å²) in [7, 11) is -4.91. The Balaban J connectivity index is 1.76. The smallest absolute Gasteiger partial charge is 0.261 e. The van der Waals surface area contributed by atoms with E-state index < -0.39 is 32.5 Å². The van der Waals surface area contributed by atoms with Gasteiger partial charge < -0.3 is 14.8 Å². The Labute approximate surface area is 218 Å². The lowest BCUT2D eigenvalue weighted by atomic mass is 10.2. The molecular weight excluding hydrogens is 574 g/mol. The van der Waals surface area contributed by atoms with Gasteiger partial charge in [-0.05, 0) is 60.7 Å². The first-order valence-corrected chi connectivity index (χ1v) is 14.4. The summed E-state index contributed by atoms with van der Waals surface area (Å²) in [6.45, 7) is -0.548. The van der Waals surface area contributed by atoms with Gasteiger partial charge in [0.05, 0.1) is 31.1 Å². The molecule has 0 spiro atoms. The number of carbonyl (C=O) groups excluding carboxylic acids is 1. The maximum atomic E-state index is 12.7. The molecule has 0 radical (unpaired) electrons. The van der Waals surface area contributed by atoms with Gasteiger partial charge >= 0.3 is 0 Å². The van der Waals surface area contributed by atoms with Gasteiger partial charge in [-0.25, -0.2) is 16.8 Å². The zero-order valence-electron chi connectivity index (χ0n) is 19.6. The third-order valence-corrected chi connectivity index (χ3v) is 7.94.